The molecular formula is C12H15N5O2S3. The lowest BCUT2D eigenvalue weighted by molar-refractivity contribution is 0.583. The van der Waals surface area contributed by atoms with Crippen molar-refractivity contribution in [2.24, 2.45) is 0 Å². The lowest BCUT2D eigenvalue weighted by Gasteiger charge is -2.02. The lowest BCUT2D eigenvalue weighted by atomic mass is 10.4. The molecule has 7 nitrogen and oxygen atoms in total. The van der Waals surface area contributed by atoms with Crippen molar-refractivity contribution in [1.29, 1.82) is 0 Å². The van der Waals surface area contributed by atoms with Gasteiger partial charge in [0.1, 0.15) is 9.22 Å². The van der Waals surface area contributed by atoms with Crippen LogP contribution in [0.2, 0.25) is 0 Å². The average Bonchev–Trinajstić information content (AvgIpc) is 3.17. The molecular weight excluding hydrogens is 342 g/mol. The molecule has 0 atom stereocenters. The Bertz CT molecular complexity index is 893. The van der Waals surface area contributed by atoms with E-state index in [9.17, 15) is 8.42 Å². The van der Waals surface area contributed by atoms with E-state index in [1.807, 2.05) is 19.9 Å². The van der Waals surface area contributed by atoms with Gasteiger partial charge in [0.05, 0.1) is 0 Å². The quantitative estimate of drug-likeness (QED) is 0.724. The van der Waals surface area contributed by atoms with Crippen LogP contribution in [0.3, 0.4) is 0 Å². The van der Waals surface area contributed by atoms with E-state index in [0.29, 0.717) is 17.2 Å². The molecule has 22 heavy (non-hydrogen) atoms. The van der Waals surface area contributed by atoms with Crippen LogP contribution in [-0.4, -0.2) is 34.8 Å². The van der Waals surface area contributed by atoms with Gasteiger partial charge >= 0.3 is 0 Å². The van der Waals surface area contributed by atoms with E-state index in [0.717, 1.165) is 27.1 Å². The van der Waals surface area contributed by atoms with E-state index in [1.54, 1.807) is 10.6 Å². The van der Waals surface area contributed by atoms with Gasteiger partial charge in [0.2, 0.25) is 15.0 Å². The molecule has 0 saturated heterocycles. The molecule has 1 N–H and O–H groups in total. The van der Waals surface area contributed by atoms with Crippen molar-refractivity contribution in [2.75, 3.05) is 6.54 Å². The normalized spacial score (nSPS) is 12.3. The summed E-state index contributed by atoms with van der Waals surface area (Å²) in [6, 6.07) is 3.50. The van der Waals surface area contributed by atoms with Crippen molar-refractivity contribution >= 4 is 37.7 Å². The standard InChI is InChI=1S/C12H15N5O2S3/c1-3-9-4-5-11(20-9)22(18,19)13-7-6-10-16-17-8(2)14-15-12(17)21-10/h4-5,13H,3,6-7H2,1-2H3. The summed E-state index contributed by atoms with van der Waals surface area (Å²) in [6.45, 7) is 4.14. The number of nitrogens with zero attached hydrogens (tertiary/aromatic N) is 4. The summed E-state index contributed by atoms with van der Waals surface area (Å²) in [5, 5.41) is 13.1. The highest BCUT2D eigenvalue weighted by atomic mass is 32.2. The Morgan fingerprint density at radius 3 is 2.77 bits per heavy atom. The van der Waals surface area contributed by atoms with Crippen LogP contribution in [0.1, 0.15) is 22.6 Å². The predicted octanol–water partition coefficient (Wildman–Crippen LogP) is 1.64. The largest absolute Gasteiger partial charge is 0.250 e. The maximum absolute atomic E-state index is 12.2. The lowest BCUT2D eigenvalue weighted by Crippen LogP contribution is -2.25. The van der Waals surface area contributed by atoms with Crippen molar-refractivity contribution < 1.29 is 8.42 Å². The van der Waals surface area contributed by atoms with Gasteiger partial charge in [-0.05, 0) is 25.5 Å². The molecule has 118 valence electrons. The minimum Gasteiger partial charge on any atom is -0.210 e. The van der Waals surface area contributed by atoms with Gasteiger partial charge in [-0.15, -0.1) is 21.5 Å². The number of thiophene rings is 1. The predicted molar refractivity (Wildman–Crippen MR) is 86.0 cm³/mol. The summed E-state index contributed by atoms with van der Waals surface area (Å²) < 4.78 is 29.0. The fraction of sp³-hybridized carbons (Fsp3) is 0.417. The molecule has 0 aliphatic carbocycles. The summed E-state index contributed by atoms with van der Waals surface area (Å²) in [7, 11) is -3.43. The van der Waals surface area contributed by atoms with E-state index in [4.69, 9.17) is 0 Å². The molecule has 3 rings (SSSR count). The van der Waals surface area contributed by atoms with Gasteiger partial charge in [-0.2, -0.15) is 9.61 Å². The summed E-state index contributed by atoms with van der Waals surface area (Å²) in [6.07, 6.45) is 1.37. The molecule has 0 spiro atoms. The summed E-state index contributed by atoms with van der Waals surface area (Å²) in [5.74, 6) is 0.726. The molecule has 0 saturated carbocycles. The number of fused-ring (bicyclic) bond motifs is 1. The number of aromatic nitrogens is 4. The molecule has 3 heterocycles. The third-order valence-corrected chi connectivity index (χ3v) is 7.21. The Morgan fingerprint density at radius 2 is 2.09 bits per heavy atom. The number of nitrogens with one attached hydrogen (secondary N) is 1. The summed E-state index contributed by atoms with van der Waals surface area (Å²) in [5.41, 5.74) is 0. The number of hydrogen-bond donors (Lipinski definition) is 1. The van der Waals surface area contributed by atoms with Gasteiger partial charge in [0.15, 0.2) is 5.82 Å². The first-order chi connectivity index (χ1) is 10.5. The number of aryl methyl sites for hydroxylation is 2. The van der Waals surface area contributed by atoms with Crippen molar-refractivity contribution in [3.63, 3.8) is 0 Å². The number of hydrogen-bond acceptors (Lipinski definition) is 7. The number of sulfonamides is 1. The maximum Gasteiger partial charge on any atom is 0.250 e. The zero-order chi connectivity index (χ0) is 15.7. The smallest absolute Gasteiger partial charge is 0.210 e. The van der Waals surface area contributed by atoms with Crippen molar-refractivity contribution in [2.45, 2.75) is 30.9 Å². The monoisotopic (exact) mass is 357 g/mol. The Kier molecular flexibility index (Phi) is 4.26. The van der Waals surface area contributed by atoms with Gasteiger partial charge in [-0.3, -0.25) is 0 Å². The number of rotatable bonds is 6. The van der Waals surface area contributed by atoms with E-state index in [2.05, 4.69) is 20.0 Å². The van der Waals surface area contributed by atoms with Gasteiger partial charge in [0.25, 0.3) is 0 Å². The molecule has 0 aliphatic heterocycles. The zero-order valence-corrected chi connectivity index (χ0v) is 14.6. The highest BCUT2D eigenvalue weighted by Crippen LogP contribution is 2.21. The Hall–Kier alpha value is -1.36. The minimum absolute atomic E-state index is 0.310. The third kappa shape index (κ3) is 3.05. The fourth-order valence-electron chi connectivity index (χ4n) is 1.91. The second-order valence-corrected chi connectivity index (χ2v) is 8.86. The first-order valence-corrected chi connectivity index (χ1v) is 9.87. The van der Waals surface area contributed by atoms with E-state index in [1.165, 1.54) is 22.7 Å². The van der Waals surface area contributed by atoms with Crippen LogP contribution in [0.25, 0.3) is 4.96 Å². The fourth-order valence-corrected chi connectivity index (χ4v) is 5.16. The van der Waals surface area contributed by atoms with Crippen LogP contribution >= 0.6 is 22.7 Å². The Labute approximate surface area is 136 Å². The van der Waals surface area contributed by atoms with Crippen LogP contribution in [0.15, 0.2) is 16.3 Å². The molecule has 0 fully saturated rings. The molecule has 3 aromatic rings. The Balaban J connectivity index is 1.64. The minimum atomic E-state index is -3.43. The summed E-state index contributed by atoms with van der Waals surface area (Å²) in [4.78, 5) is 1.78. The molecule has 0 bridgehead atoms. The molecule has 10 heteroatoms. The van der Waals surface area contributed by atoms with Gasteiger partial charge in [0, 0.05) is 17.8 Å². The molecule has 0 aliphatic rings. The van der Waals surface area contributed by atoms with Gasteiger partial charge in [-0.25, -0.2) is 13.1 Å². The second-order valence-electron chi connectivity index (χ2n) is 4.66. The zero-order valence-electron chi connectivity index (χ0n) is 12.1. The van der Waals surface area contributed by atoms with Crippen LogP contribution in [0.5, 0.6) is 0 Å². The van der Waals surface area contributed by atoms with Crippen molar-refractivity contribution in [3.8, 4) is 0 Å². The van der Waals surface area contributed by atoms with Crippen LogP contribution in [-0.2, 0) is 22.9 Å². The topological polar surface area (TPSA) is 89.2 Å². The summed E-state index contributed by atoms with van der Waals surface area (Å²) >= 11 is 2.73. The molecule has 0 amide bonds. The van der Waals surface area contributed by atoms with E-state index < -0.39 is 10.0 Å². The molecule has 3 aromatic heterocycles. The first kappa shape index (κ1) is 15.5. The van der Waals surface area contributed by atoms with Crippen molar-refractivity contribution in [3.05, 3.63) is 27.8 Å². The second kappa shape index (κ2) is 6.03. The maximum atomic E-state index is 12.2. The van der Waals surface area contributed by atoms with E-state index >= 15 is 0 Å². The Morgan fingerprint density at radius 1 is 1.27 bits per heavy atom. The van der Waals surface area contributed by atoms with Gasteiger partial charge < -0.3 is 0 Å². The third-order valence-electron chi connectivity index (χ3n) is 3.07. The van der Waals surface area contributed by atoms with E-state index in [-0.39, 0.29) is 0 Å². The average molecular weight is 357 g/mol. The SMILES string of the molecule is CCc1ccc(S(=O)(=O)NCCc2nn3c(C)nnc3s2)s1. The van der Waals surface area contributed by atoms with Crippen molar-refractivity contribution in [1.82, 2.24) is 24.5 Å². The molecule has 0 unspecified atom stereocenters. The highest BCUT2D eigenvalue weighted by molar-refractivity contribution is 7.91. The van der Waals surface area contributed by atoms with Crippen LogP contribution < -0.4 is 4.72 Å². The van der Waals surface area contributed by atoms with Crippen LogP contribution in [0, 0.1) is 6.92 Å². The highest BCUT2D eigenvalue weighted by Gasteiger charge is 2.16. The first-order valence-electron chi connectivity index (χ1n) is 6.75. The molecule has 0 radical (unpaired) electrons. The van der Waals surface area contributed by atoms with Gasteiger partial charge in [-0.1, -0.05) is 18.3 Å². The molecule has 0 aromatic carbocycles. The van der Waals surface area contributed by atoms with Crippen LogP contribution in [0.4, 0.5) is 0 Å².